The normalized spacial score (nSPS) is 11.6. The molecule has 0 bridgehead atoms. The van der Waals surface area contributed by atoms with Crippen molar-refractivity contribution >= 4 is 76.1 Å². The predicted molar refractivity (Wildman–Crippen MR) is 199 cm³/mol. The second-order valence-corrected chi connectivity index (χ2v) is 12.7. The van der Waals surface area contributed by atoms with E-state index in [-0.39, 0.29) is 18.2 Å². The number of carbonyl (C=O) groups is 4. The van der Waals surface area contributed by atoms with Crippen LogP contribution in [0, 0.1) is 0 Å². The van der Waals surface area contributed by atoms with Crippen LogP contribution < -0.4 is 16.0 Å². The van der Waals surface area contributed by atoms with E-state index in [1.807, 2.05) is 30.3 Å². The van der Waals surface area contributed by atoms with E-state index in [0.717, 1.165) is 10.5 Å². The molecule has 252 valence electrons. The van der Waals surface area contributed by atoms with Crippen LogP contribution in [-0.2, 0) is 14.3 Å². The first-order valence-electron chi connectivity index (χ1n) is 15.4. The van der Waals surface area contributed by atoms with E-state index in [2.05, 4.69) is 16.0 Å². The minimum absolute atomic E-state index is 0.0300. The van der Waals surface area contributed by atoms with Crippen LogP contribution in [0.5, 0.6) is 0 Å². The van der Waals surface area contributed by atoms with Crippen LogP contribution >= 0.6 is 35.0 Å². The summed E-state index contributed by atoms with van der Waals surface area (Å²) in [6.07, 6.45) is 1.48. The maximum Gasteiger partial charge on any atom is 0.338 e. The fourth-order valence-electron chi connectivity index (χ4n) is 4.68. The van der Waals surface area contributed by atoms with Gasteiger partial charge in [-0.05, 0) is 96.9 Å². The SMILES string of the molecule is CCOC(=O)c1ccc(NC(=O)C(Sc2ccc(NC(=O)/C(=C/c3ccc(Cl)cc3Cl)NC(=O)c3ccccc3)cc2)c2ccccc2)cc1. The number of carbonyl (C=O) groups excluding carboxylic acids is 4. The Balaban J connectivity index is 1.32. The Morgan fingerprint density at radius 1 is 0.740 bits per heavy atom. The lowest BCUT2D eigenvalue weighted by Crippen LogP contribution is -2.30. The number of halogens is 2. The van der Waals surface area contributed by atoms with E-state index in [0.29, 0.717) is 38.1 Å². The standard InChI is InChI=1S/C39H31Cl2N3O5S/c1-2-49-39(48)27-14-17-30(18-15-27)43-38(47)35(25-9-5-3-6-10-25)50-32-21-19-31(20-22-32)42-37(46)34(23-28-13-16-29(40)24-33(28)41)44-36(45)26-11-7-4-8-12-26/h3-24,35H,2H2,1H3,(H,42,46)(H,43,47)(H,44,45)/b34-23-. The molecule has 5 aromatic carbocycles. The zero-order valence-electron chi connectivity index (χ0n) is 26.7. The van der Waals surface area contributed by atoms with Crippen molar-refractivity contribution in [2.24, 2.45) is 0 Å². The van der Waals surface area contributed by atoms with E-state index in [1.54, 1.807) is 104 Å². The van der Waals surface area contributed by atoms with Gasteiger partial charge in [-0.25, -0.2) is 4.79 Å². The molecule has 0 saturated carbocycles. The molecule has 5 aromatic rings. The van der Waals surface area contributed by atoms with E-state index in [4.69, 9.17) is 27.9 Å². The van der Waals surface area contributed by atoms with E-state index in [9.17, 15) is 19.2 Å². The second-order valence-electron chi connectivity index (χ2n) is 10.7. The van der Waals surface area contributed by atoms with Gasteiger partial charge in [0.1, 0.15) is 10.9 Å². The third-order valence-electron chi connectivity index (χ3n) is 7.16. The summed E-state index contributed by atoms with van der Waals surface area (Å²) in [4.78, 5) is 52.9. The van der Waals surface area contributed by atoms with Crippen LogP contribution in [0.1, 0.15) is 44.0 Å². The van der Waals surface area contributed by atoms with Crippen LogP contribution in [0.25, 0.3) is 6.08 Å². The number of amides is 3. The van der Waals surface area contributed by atoms with Gasteiger partial charge in [0.2, 0.25) is 5.91 Å². The van der Waals surface area contributed by atoms with Crippen molar-refractivity contribution in [3.8, 4) is 0 Å². The summed E-state index contributed by atoms with van der Waals surface area (Å²) in [6, 6.07) is 36.2. The summed E-state index contributed by atoms with van der Waals surface area (Å²) in [7, 11) is 0. The molecule has 0 radical (unpaired) electrons. The Labute approximate surface area is 303 Å². The van der Waals surface area contributed by atoms with Crippen molar-refractivity contribution in [3.63, 3.8) is 0 Å². The molecule has 0 aliphatic carbocycles. The van der Waals surface area contributed by atoms with Crippen molar-refractivity contribution in [2.45, 2.75) is 17.1 Å². The second kappa shape index (κ2) is 17.3. The molecule has 1 atom stereocenters. The molecular formula is C39H31Cl2N3O5S. The van der Waals surface area contributed by atoms with Gasteiger partial charge in [0, 0.05) is 31.9 Å². The largest absolute Gasteiger partial charge is 0.462 e. The summed E-state index contributed by atoms with van der Waals surface area (Å²) in [6.45, 7) is 2.01. The van der Waals surface area contributed by atoms with Gasteiger partial charge in [0.05, 0.1) is 12.2 Å². The Hall–Kier alpha value is -5.35. The first kappa shape index (κ1) is 35.9. The highest BCUT2D eigenvalue weighted by Crippen LogP contribution is 2.37. The Morgan fingerprint density at radius 2 is 1.36 bits per heavy atom. The van der Waals surface area contributed by atoms with Crippen molar-refractivity contribution in [1.82, 2.24) is 5.32 Å². The van der Waals surface area contributed by atoms with Crippen LogP contribution in [0.2, 0.25) is 10.0 Å². The summed E-state index contributed by atoms with van der Waals surface area (Å²) < 4.78 is 5.04. The van der Waals surface area contributed by atoms with E-state index in [1.165, 1.54) is 17.8 Å². The topological polar surface area (TPSA) is 114 Å². The fourth-order valence-corrected chi connectivity index (χ4v) is 6.17. The Kier molecular flexibility index (Phi) is 12.5. The predicted octanol–water partition coefficient (Wildman–Crippen LogP) is 9.05. The highest BCUT2D eigenvalue weighted by molar-refractivity contribution is 8.00. The maximum absolute atomic E-state index is 13.6. The van der Waals surface area contributed by atoms with E-state index >= 15 is 0 Å². The quantitative estimate of drug-likeness (QED) is 0.0673. The number of hydrogen-bond acceptors (Lipinski definition) is 6. The van der Waals surface area contributed by atoms with Gasteiger partial charge in [-0.2, -0.15) is 0 Å². The van der Waals surface area contributed by atoms with Gasteiger partial charge < -0.3 is 20.7 Å². The minimum Gasteiger partial charge on any atom is -0.462 e. The number of anilines is 2. The molecule has 3 amide bonds. The average molecular weight is 725 g/mol. The molecule has 0 aromatic heterocycles. The molecule has 0 aliphatic rings. The number of hydrogen-bond donors (Lipinski definition) is 3. The fraction of sp³-hybridized carbons (Fsp3) is 0.0769. The van der Waals surface area contributed by atoms with Crippen LogP contribution in [0.3, 0.4) is 0 Å². The number of nitrogens with one attached hydrogen (secondary N) is 3. The number of thioether (sulfide) groups is 1. The summed E-state index contributed by atoms with van der Waals surface area (Å²) in [5.41, 5.74) is 3.01. The summed E-state index contributed by atoms with van der Waals surface area (Å²) in [5.74, 6) is -1.73. The van der Waals surface area contributed by atoms with Gasteiger partial charge >= 0.3 is 5.97 Å². The lowest BCUT2D eigenvalue weighted by molar-refractivity contribution is -0.116. The molecular weight excluding hydrogens is 693 g/mol. The molecule has 8 nitrogen and oxygen atoms in total. The number of benzene rings is 5. The zero-order chi connectivity index (χ0) is 35.5. The molecule has 0 saturated heterocycles. The highest BCUT2D eigenvalue weighted by Gasteiger charge is 2.23. The van der Waals surface area contributed by atoms with Gasteiger partial charge in [-0.1, -0.05) is 77.8 Å². The zero-order valence-corrected chi connectivity index (χ0v) is 29.0. The molecule has 0 spiro atoms. The highest BCUT2D eigenvalue weighted by atomic mass is 35.5. The van der Waals surface area contributed by atoms with Gasteiger partial charge in [-0.3, -0.25) is 14.4 Å². The summed E-state index contributed by atoms with van der Waals surface area (Å²) >= 11 is 13.8. The number of ether oxygens (including phenoxy) is 1. The molecule has 0 fully saturated rings. The third-order valence-corrected chi connectivity index (χ3v) is 8.99. The Bertz CT molecular complexity index is 2010. The van der Waals surface area contributed by atoms with Gasteiger partial charge in [0.15, 0.2) is 0 Å². The van der Waals surface area contributed by atoms with E-state index < -0.39 is 23.0 Å². The minimum atomic E-state index is -0.617. The summed E-state index contributed by atoms with van der Waals surface area (Å²) in [5, 5.41) is 8.58. The Morgan fingerprint density at radius 3 is 2.00 bits per heavy atom. The van der Waals surface area contributed by atoms with Crippen molar-refractivity contribution in [1.29, 1.82) is 0 Å². The van der Waals surface area contributed by atoms with Gasteiger partial charge in [-0.15, -0.1) is 11.8 Å². The molecule has 50 heavy (non-hydrogen) atoms. The van der Waals surface area contributed by atoms with Crippen LogP contribution in [0.15, 0.2) is 138 Å². The molecule has 5 rings (SSSR count). The average Bonchev–Trinajstić information content (AvgIpc) is 3.13. The number of rotatable bonds is 12. The lowest BCUT2D eigenvalue weighted by Gasteiger charge is -2.18. The van der Waals surface area contributed by atoms with Gasteiger partial charge in [0.25, 0.3) is 11.8 Å². The first-order chi connectivity index (χ1) is 24.2. The maximum atomic E-state index is 13.6. The van der Waals surface area contributed by atoms with Crippen molar-refractivity contribution in [2.75, 3.05) is 17.2 Å². The van der Waals surface area contributed by atoms with Crippen molar-refractivity contribution in [3.05, 3.63) is 165 Å². The van der Waals surface area contributed by atoms with Crippen LogP contribution in [-0.4, -0.2) is 30.3 Å². The van der Waals surface area contributed by atoms with Crippen LogP contribution in [0.4, 0.5) is 11.4 Å². The molecule has 3 N–H and O–H groups in total. The number of esters is 1. The lowest BCUT2D eigenvalue weighted by atomic mass is 10.1. The monoisotopic (exact) mass is 723 g/mol. The third kappa shape index (κ3) is 9.85. The molecule has 1 unspecified atom stereocenters. The molecule has 11 heteroatoms. The molecule has 0 aliphatic heterocycles. The van der Waals surface area contributed by atoms with Crippen molar-refractivity contribution < 1.29 is 23.9 Å². The smallest absolute Gasteiger partial charge is 0.338 e. The first-order valence-corrected chi connectivity index (χ1v) is 17.1. The molecule has 0 heterocycles.